The molecule has 4 aliphatic rings. The molecule has 7 nitrogen and oxygen atoms in total. The fraction of sp³-hybridized carbons (Fsp3) is 0.151. The average Bonchev–Trinajstić information content (AvgIpc) is 1.04. The highest BCUT2D eigenvalue weighted by molar-refractivity contribution is 7.00. The minimum Gasteiger partial charge on any atom is -0.456 e. The molecule has 7 heterocycles. The zero-order valence-electron chi connectivity index (χ0n) is 66.5. The molecule has 550 valence electrons. The Morgan fingerprint density at radius 3 is 0.895 bits per heavy atom. The molecule has 0 fully saturated rings. The largest absolute Gasteiger partial charge is 0.456 e. The Labute approximate surface area is 666 Å². The van der Waals surface area contributed by atoms with E-state index in [1.807, 2.05) is 0 Å². The summed E-state index contributed by atoms with van der Waals surface area (Å²) in [7, 11) is 0. The Morgan fingerprint density at radius 1 is 0.237 bits per heavy atom. The maximum absolute atomic E-state index is 7.67. The molecule has 0 saturated carbocycles. The number of benzene rings is 15. The summed E-state index contributed by atoms with van der Waals surface area (Å²) in [6.07, 6.45) is 0. The monoisotopic (exact) mass is 1470 g/mol. The third-order valence-corrected chi connectivity index (χ3v) is 25.0. The lowest BCUT2D eigenvalue weighted by Gasteiger charge is -2.47. The molecule has 18 aromatic rings. The quantitative estimate of drug-likeness (QED) is 0.165. The first-order valence-corrected chi connectivity index (χ1v) is 40.3. The van der Waals surface area contributed by atoms with Crippen molar-refractivity contribution < 1.29 is 9.47 Å². The lowest BCUT2D eigenvalue weighted by molar-refractivity contribution is 0.486. The van der Waals surface area contributed by atoms with Crippen LogP contribution < -0.4 is 35.7 Å². The van der Waals surface area contributed by atoms with Gasteiger partial charge in [-0.3, -0.25) is 0 Å². The van der Waals surface area contributed by atoms with Gasteiger partial charge in [-0.2, -0.15) is 0 Å². The highest BCUT2D eigenvalue weighted by atomic mass is 16.5. The van der Waals surface area contributed by atoms with E-state index in [9.17, 15) is 0 Å². The van der Waals surface area contributed by atoms with Crippen LogP contribution in [-0.4, -0.2) is 20.4 Å². The van der Waals surface area contributed by atoms with Crippen molar-refractivity contribution in [1.82, 2.24) is 13.7 Å². The van der Waals surface area contributed by atoms with Crippen LogP contribution in [0.15, 0.2) is 303 Å². The number of rotatable bonds is 3. The van der Waals surface area contributed by atoms with Crippen LogP contribution in [0.25, 0.3) is 127 Å². The third kappa shape index (κ3) is 9.95. The predicted octanol–water partition coefficient (Wildman–Crippen LogP) is 27.1. The minimum atomic E-state index is -0.407. The van der Waals surface area contributed by atoms with Crippen LogP contribution in [0.4, 0.5) is 34.1 Å². The second-order valence-electron chi connectivity index (χ2n) is 36.0. The summed E-state index contributed by atoms with van der Waals surface area (Å²) in [5.41, 5.74) is 32.6. The van der Waals surface area contributed by atoms with E-state index in [4.69, 9.17) is 9.47 Å². The highest BCUT2D eigenvalue weighted by Crippen LogP contribution is 2.59. The van der Waals surface area contributed by atoms with Crippen LogP contribution in [-0.2, 0) is 21.7 Å². The Kier molecular flexibility index (Phi) is 14.4. The van der Waals surface area contributed by atoms with E-state index in [1.165, 1.54) is 60.0 Å². The lowest BCUT2D eigenvalue weighted by Crippen LogP contribution is -2.61. The molecule has 22 rings (SSSR count). The van der Waals surface area contributed by atoms with Crippen LogP contribution in [0.5, 0.6) is 23.0 Å². The van der Waals surface area contributed by atoms with Crippen molar-refractivity contribution in [1.29, 1.82) is 0 Å². The summed E-state index contributed by atoms with van der Waals surface area (Å²) >= 11 is 0. The average molecular weight is 1470 g/mol. The van der Waals surface area contributed by atoms with Crippen LogP contribution >= 0.6 is 0 Å². The molecule has 4 aliphatic heterocycles. The van der Waals surface area contributed by atoms with Crippen LogP contribution in [0.1, 0.15) is 105 Å². The maximum atomic E-state index is 7.67. The first-order valence-electron chi connectivity index (χ1n) is 40.3. The fourth-order valence-corrected chi connectivity index (χ4v) is 19.4. The number of aromatic nitrogens is 3. The van der Waals surface area contributed by atoms with Gasteiger partial charge in [0.05, 0.1) is 72.9 Å². The summed E-state index contributed by atoms with van der Waals surface area (Å²) in [5.74, 6) is 3.07. The van der Waals surface area contributed by atoms with E-state index >= 15 is 0 Å². The summed E-state index contributed by atoms with van der Waals surface area (Å²) in [6.45, 7) is 27.6. The molecule has 0 saturated heterocycles. The second kappa shape index (κ2) is 24.2. The second-order valence-corrected chi connectivity index (χ2v) is 36.0. The van der Waals surface area contributed by atoms with Gasteiger partial charge in [-0.05, 0) is 182 Å². The van der Waals surface area contributed by atoms with Crippen molar-refractivity contribution in [3.63, 3.8) is 0 Å². The van der Waals surface area contributed by atoms with Gasteiger partial charge in [0.25, 0.3) is 6.71 Å². The predicted molar refractivity (Wildman–Crippen MR) is 480 cm³/mol. The zero-order chi connectivity index (χ0) is 77.3. The molecule has 8 heteroatoms. The van der Waals surface area contributed by atoms with Crippen LogP contribution in [0.3, 0.4) is 0 Å². The lowest BCUT2D eigenvalue weighted by atomic mass is 9.33. The van der Waals surface area contributed by atoms with E-state index in [2.05, 4.69) is 410 Å². The number of fused-ring (bicyclic) bond motifs is 25. The van der Waals surface area contributed by atoms with Gasteiger partial charge in [-0.15, -0.1) is 0 Å². The Hall–Kier alpha value is -13.0. The van der Waals surface area contributed by atoms with Crippen molar-refractivity contribution in [2.24, 2.45) is 0 Å². The van der Waals surface area contributed by atoms with Crippen molar-refractivity contribution >= 4 is 123 Å². The van der Waals surface area contributed by atoms with Crippen molar-refractivity contribution in [3.8, 4) is 84.6 Å². The van der Waals surface area contributed by atoms with Gasteiger partial charge < -0.3 is 33.0 Å². The molecule has 0 bridgehead atoms. The molecule has 0 atom stereocenters. The van der Waals surface area contributed by atoms with Gasteiger partial charge in [0.2, 0.25) is 0 Å². The number of hydrogen-bond acceptors (Lipinski definition) is 4. The molecule has 0 unspecified atom stereocenters. The first-order chi connectivity index (χ1) is 55.1. The molecule has 0 N–H and O–H groups in total. The van der Waals surface area contributed by atoms with E-state index in [1.54, 1.807) is 0 Å². The molecule has 0 amide bonds. The van der Waals surface area contributed by atoms with Gasteiger partial charge in [0.15, 0.2) is 0 Å². The van der Waals surface area contributed by atoms with E-state index in [0.29, 0.717) is 0 Å². The fourth-order valence-electron chi connectivity index (χ4n) is 19.4. The number of ether oxygens (including phenoxy) is 2. The van der Waals surface area contributed by atoms with E-state index in [0.717, 1.165) is 163 Å². The molecule has 0 radical (unpaired) electrons. The van der Waals surface area contributed by atoms with Gasteiger partial charge in [-0.25, -0.2) is 0 Å². The number of anilines is 6. The van der Waals surface area contributed by atoms with E-state index in [-0.39, 0.29) is 21.7 Å². The van der Waals surface area contributed by atoms with Crippen LogP contribution in [0.2, 0.25) is 0 Å². The number of para-hydroxylation sites is 8. The van der Waals surface area contributed by atoms with Gasteiger partial charge in [-0.1, -0.05) is 265 Å². The summed E-state index contributed by atoms with van der Waals surface area (Å²) in [4.78, 5) is 5.39. The molecule has 15 aromatic carbocycles. The van der Waals surface area contributed by atoms with Gasteiger partial charge >= 0.3 is 0 Å². The Balaban J connectivity index is 0.966. The number of nitrogens with zero attached hydrogens (tertiary/aromatic N) is 5. The summed E-state index contributed by atoms with van der Waals surface area (Å²) in [5, 5.41) is 7.25. The first kappa shape index (κ1) is 67.8. The van der Waals surface area contributed by atoms with Crippen molar-refractivity contribution in [2.45, 2.75) is 105 Å². The normalized spacial score (nSPS) is 13.5. The minimum absolute atomic E-state index is 0.110. The van der Waals surface area contributed by atoms with Gasteiger partial charge in [0.1, 0.15) is 23.0 Å². The molecular formula is C106H86BN5O2. The highest BCUT2D eigenvalue weighted by Gasteiger charge is 2.49. The smallest absolute Gasteiger partial charge is 0.252 e. The molecular weight excluding hydrogens is 1390 g/mol. The SMILES string of the molecule is CC(C)(C)c1ccc2c(c1)c1cc(C(C)(C)C)ccc1n2-c1ccc2c3c1-c1ccccc1Oc1ccccc1-c1ccccc1N3c1cc(-n3c4ccccc4c4ccccc43)cc3c1B2c1ccc(-n2c4ccc(C(C)(C)C)cc4c4cc(C(C)(C)C)ccc42)c2c1N3c1ccccc1-c1ccccc1Oc1ccccc1-2. The Bertz CT molecular complexity index is 6630. The molecule has 0 spiro atoms. The van der Waals surface area contributed by atoms with Crippen molar-refractivity contribution in [3.05, 3.63) is 326 Å². The maximum Gasteiger partial charge on any atom is 0.252 e. The Morgan fingerprint density at radius 2 is 0.535 bits per heavy atom. The van der Waals surface area contributed by atoms with Crippen LogP contribution in [0, 0.1) is 0 Å². The topological polar surface area (TPSA) is 39.7 Å². The standard InChI is InChI=1S/C106H86BN5O2/c1-103(2,3)63-45-51-86-76(57-63)77-58-64(104(4,5)6)46-52-87(77)109(86)90-55-49-80-101-98(90)74-35-19-27-43-96(74)113-94-41-25-17-33-72(94)70-31-15-23-39-84(70)111(101)92-61-67(108-82-37-21-13-29-68(82)69-30-14-22-38-83(69)108)62-93-100(92)107(80)81-50-56-91(110-88-53-47-65(105(7,8)9)59-78(88)79-60-66(106(10,11)12)48-54-89(79)110)99-75-36-20-28-44-97(75)114-95-42-26-18-34-73(95)71-32-16-24-40-85(71)112(93)102(81)99/h13-62H,1-12H3. The third-order valence-electron chi connectivity index (χ3n) is 25.0. The molecule has 0 aliphatic carbocycles. The zero-order valence-corrected chi connectivity index (χ0v) is 66.5. The number of hydrogen-bond donors (Lipinski definition) is 0. The molecule has 114 heavy (non-hydrogen) atoms. The van der Waals surface area contributed by atoms with Crippen molar-refractivity contribution in [2.75, 3.05) is 9.80 Å². The molecule has 3 aromatic heterocycles. The summed E-state index contributed by atoms with van der Waals surface area (Å²) < 4.78 is 23.0. The summed E-state index contributed by atoms with van der Waals surface area (Å²) in [6, 6.07) is 115. The van der Waals surface area contributed by atoms with E-state index < -0.39 is 6.71 Å². The van der Waals surface area contributed by atoms with Gasteiger partial charge in [0, 0.05) is 88.2 Å².